The molecule has 0 aliphatic carbocycles. The average molecular weight is 482 g/mol. The molecule has 10 heteroatoms. The summed E-state index contributed by atoms with van der Waals surface area (Å²) in [6.45, 7) is 12.8. The van der Waals surface area contributed by atoms with Crippen LogP contribution in [0.1, 0.15) is 53.3 Å². The Hall–Kier alpha value is -1.59. The predicted octanol–water partition coefficient (Wildman–Crippen LogP) is 2.17. The summed E-state index contributed by atoms with van der Waals surface area (Å²) in [4.78, 5) is 20.0. The maximum atomic E-state index is 11.5. The van der Waals surface area contributed by atoms with Gasteiger partial charge in [-0.15, -0.1) is 24.0 Å². The van der Waals surface area contributed by atoms with Gasteiger partial charge in [-0.3, -0.25) is 4.99 Å². The van der Waals surface area contributed by atoms with Crippen molar-refractivity contribution in [3.8, 4) is 0 Å². The van der Waals surface area contributed by atoms with Gasteiger partial charge in [0.05, 0.1) is 6.54 Å². The third kappa shape index (κ3) is 9.78. The largest absolute Gasteiger partial charge is 0.444 e. The van der Waals surface area contributed by atoms with E-state index in [0.717, 1.165) is 0 Å². The number of hydrogen-bond donors (Lipinski definition) is 3. The van der Waals surface area contributed by atoms with E-state index in [1.165, 1.54) is 0 Å². The zero-order chi connectivity index (χ0) is 19.1. The van der Waals surface area contributed by atoms with Crippen molar-refractivity contribution < 1.29 is 14.1 Å². The highest BCUT2D eigenvalue weighted by atomic mass is 127. The monoisotopic (exact) mass is 482 g/mol. The molecule has 26 heavy (non-hydrogen) atoms. The number of ether oxygens (including phenoxy) is 1. The Labute approximate surface area is 172 Å². The number of aromatic nitrogens is 2. The van der Waals surface area contributed by atoms with E-state index in [-0.39, 0.29) is 29.4 Å². The second-order valence-corrected chi connectivity index (χ2v) is 7.55. The molecule has 0 atom stereocenters. The van der Waals surface area contributed by atoms with Crippen molar-refractivity contribution in [1.82, 2.24) is 26.1 Å². The van der Waals surface area contributed by atoms with Crippen molar-refractivity contribution in [3.05, 3.63) is 11.7 Å². The van der Waals surface area contributed by atoms with Gasteiger partial charge in [0.2, 0.25) is 5.89 Å². The van der Waals surface area contributed by atoms with E-state index >= 15 is 0 Å². The molecule has 0 unspecified atom stereocenters. The van der Waals surface area contributed by atoms with Crippen LogP contribution in [0.2, 0.25) is 0 Å². The van der Waals surface area contributed by atoms with Crippen molar-refractivity contribution in [2.45, 2.75) is 59.1 Å². The van der Waals surface area contributed by atoms with Gasteiger partial charge in [0.15, 0.2) is 11.8 Å². The van der Waals surface area contributed by atoms with Gasteiger partial charge in [0.25, 0.3) is 0 Å². The summed E-state index contributed by atoms with van der Waals surface area (Å²) in [5, 5.41) is 12.8. The lowest BCUT2D eigenvalue weighted by Gasteiger charge is -2.19. The SMILES string of the molecule is CN=C(NCCNC(=O)OC(C)(C)C)NCc1noc(C(C)(C)C)n1.I. The number of guanidine groups is 1. The fraction of sp³-hybridized carbons (Fsp3) is 0.750. The Morgan fingerprint density at radius 1 is 1.12 bits per heavy atom. The molecule has 1 amide bonds. The Kier molecular flexibility index (Phi) is 9.89. The number of nitrogens with one attached hydrogen (secondary N) is 3. The van der Waals surface area contributed by atoms with Crippen molar-refractivity contribution in [2.75, 3.05) is 20.1 Å². The van der Waals surface area contributed by atoms with E-state index in [2.05, 4.69) is 31.1 Å². The summed E-state index contributed by atoms with van der Waals surface area (Å²) in [5.41, 5.74) is -0.690. The smallest absolute Gasteiger partial charge is 0.407 e. The molecule has 3 N–H and O–H groups in total. The summed E-state index contributed by atoms with van der Waals surface area (Å²) >= 11 is 0. The number of halogens is 1. The Bertz CT molecular complexity index is 590. The van der Waals surface area contributed by atoms with E-state index in [9.17, 15) is 4.79 Å². The molecule has 1 heterocycles. The molecular weight excluding hydrogens is 451 g/mol. The van der Waals surface area contributed by atoms with Crippen LogP contribution in [-0.4, -0.2) is 47.9 Å². The van der Waals surface area contributed by atoms with Crippen molar-refractivity contribution in [1.29, 1.82) is 0 Å². The molecule has 0 fully saturated rings. The van der Waals surface area contributed by atoms with Gasteiger partial charge >= 0.3 is 6.09 Å². The first kappa shape index (κ1) is 24.4. The van der Waals surface area contributed by atoms with E-state index < -0.39 is 11.7 Å². The van der Waals surface area contributed by atoms with Crippen molar-refractivity contribution in [2.24, 2.45) is 4.99 Å². The van der Waals surface area contributed by atoms with Crippen molar-refractivity contribution in [3.63, 3.8) is 0 Å². The number of carbonyl (C=O) groups is 1. The minimum absolute atomic E-state index is 0. The highest BCUT2D eigenvalue weighted by Gasteiger charge is 2.21. The summed E-state index contributed by atoms with van der Waals surface area (Å²) in [6.07, 6.45) is -0.446. The van der Waals surface area contributed by atoms with Crippen molar-refractivity contribution >= 4 is 36.0 Å². The van der Waals surface area contributed by atoms with Crippen LogP contribution in [0.4, 0.5) is 4.79 Å². The van der Waals surface area contributed by atoms with Crippen LogP contribution in [0.5, 0.6) is 0 Å². The highest BCUT2D eigenvalue weighted by Crippen LogP contribution is 2.19. The van der Waals surface area contributed by atoms with Gasteiger partial charge in [-0.05, 0) is 20.8 Å². The van der Waals surface area contributed by atoms with Crippen LogP contribution < -0.4 is 16.0 Å². The standard InChI is InChI=1S/C16H30N6O3.HI/c1-15(2,3)12-21-11(22-25-12)10-20-13(17-7)18-8-9-19-14(23)24-16(4,5)6;/h8-10H2,1-7H3,(H,19,23)(H2,17,18,20);1H. The molecule has 0 aliphatic rings. The summed E-state index contributed by atoms with van der Waals surface area (Å²) in [5.74, 6) is 1.72. The quantitative estimate of drug-likeness (QED) is 0.255. The molecule has 1 rings (SSSR count). The molecule has 0 saturated heterocycles. The van der Waals surface area contributed by atoms with Gasteiger partial charge in [-0.1, -0.05) is 25.9 Å². The first-order chi connectivity index (χ1) is 11.5. The molecule has 9 nitrogen and oxygen atoms in total. The molecule has 1 aromatic heterocycles. The molecule has 150 valence electrons. The minimum atomic E-state index is -0.508. The van der Waals surface area contributed by atoms with Gasteiger partial charge in [0.1, 0.15) is 5.60 Å². The molecule has 0 radical (unpaired) electrons. The number of rotatable bonds is 5. The average Bonchev–Trinajstić information content (AvgIpc) is 2.93. The first-order valence-electron chi connectivity index (χ1n) is 8.25. The minimum Gasteiger partial charge on any atom is -0.444 e. The molecule has 0 spiro atoms. The molecule has 1 aromatic rings. The lowest BCUT2D eigenvalue weighted by atomic mass is 9.97. The zero-order valence-electron chi connectivity index (χ0n) is 16.6. The van der Waals surface area contributed by atoms with E-state index in [1.54, 1.807) is 7.05 Å². The van der Waals surface area contributed by atoms with Crippen LogP contribution in [-0.2, 0) is 16.7 Å². The van der Waals surface area contributed by atoms with Crippen LogP contribution in [0.25, 0.3) is 0 Å². The fourth-order valence-electron chi connectivity index (χ4n) is 1.67. The zero-order valence-corrected chi connectivity index (χ0v) is 18.9. The topological polar surface area (TPSA) is 114 Å². The first-order valence-corrected chi connectivity index (χ1v) is 8.25. The Balaban J connectivity index is 0.00000625. The van der Waals surface area contributed by atoms with E-state index in [0.29, 0.717) is 37.3 Å². The molecular formula is C16H31IN6O3. The molecule has 0 bridgehead atoms. The van der Waals surface area contributed by atoms with Gasteiger partial charge in [-0.25, -0.2) is 4.79 Å². The summed E-state index contributed by atoms with van der Waals surface area (Å²) < 4.78 is 10.4. The lowest BCUT2D eigenvalue weighted by Crippen LogP contribution is -2.42. The molecule has 0 aliphatic heterocycles. The van der Waals surface area contributed by atoms with Crippen LogP contribution in [0.15, 0.2) is 9.52 Å². The number of hydrogen-bond acceptors (Lipinski definition) is 6. The Morgan fingerprint density at radius 2 is 1.73 bits per heavy atom. The van der Waals surface area contributed by atoms with Crippen LogP contribution >= 0.6 is 24.0 Å². The van der Waals surface area contributed by atoms with E-state index in [1.807, 2.05) is 41.5 Å². The van der Waals surface area contributed by atoms with Crippen LogP contribution in [0.3, 0.4) is 0 Å². The lowest BCUT2D eigenvalue weighted by molar-refractivity contribution is 0.0529. The second-order valence-electron chi connectivity index (χ2n) is 7.55. The maximum absolute atomic E-state index is 11.5. The van der Waals surface area contributed by atoms with Gasteiger partial charge < -0.3 is 25.2 Å². The normalized spacial score (nSPS) is 12.2. The fourth-order valence-corrected chi connectivity index (χ4v) is 1.67. The second kappa shape index (κ2) is 10.5. The predicted molar refractivity (Wildman–Crippen MR) is 111 cm³/mol. The molecule has 0 aromatic carbocycles. The third-order valence-corrected chi connectivity index (χ3v) is 2.83. The number of nitrogens with zero attached hydrogens (tertiary/aromatic N) is 3. The number of aliphatic imine (C=N–C) groups is 1. The van der Waals surface area contributed by atoms with Crippen LogP contribution in [0, 0.1) is 0 Å². The molecule has 0 saturated carbocycles. The summed E-state index contributed by atoms with van der Waals surface area (Å²) in [7, 11) is 1.66. The maximum Gasteiger partial charge on any atom is 0.407 e. The Morgan fingerprint density at radius 3 is 2.23 bits per heavy atom. The number of alkyl carbamates (subject to hydrolysis) is 1. The van der Waals surface area contributed by atoms with Gasteiger partial charge in [0, 0.05) is 25.6 Å². The third-order valence-electron chi connectivity index (χ3n) is 2.83. The van der Waals surface area contributed by atoms with Gasteiger partial charge in [-0.2, -0.15) is 4.98 Å². The highest BCUT2D eigenvalue weighted by molar-refractivity contribution is 14.0. The number of carbonyl (C=O) groups excluding carboxylic acids is 1. The summed E-state index contributed by atoms with van der Waals surface area (Å²) in [6, 6.07) is 0. The number of amides is 1. The van der Waals surface area contributed by atoms with E-state index in [4.69, 9.17) is 9.26 Å².